The Labute approximate surface area is 184 Å². The lowest BCUT2D eigenvalue weighted by Gasteiger charge is -2.52. The van der Waals surface area contributed by atoms with Gasteiger partial charge in [-0.05, 0) is 82.6 Å². The van der Waals surface area contributed by atoms with Crippen molar-refractivity contribution in [1.82, 2.24) is 15.2 Å². The topological polar surface area (TPSA) is 80.8 Å². The summed E-state index contributed by atoms with van der Waals surface area (Å²) in [5, 5.41) is 2.96. The van der Waals surface area contributed by atoms with Gasteiger partial charge < -0.3 is 19.7 Å². The largest absolute Gasteiger partial charge is 0.478 e. The first-order valence-corrected chi connectivity index (χ1v) is 11.8. The first kappa shape index (κ1) is 21.9. The smallest absolute Gasteiger partial charge is 0.410 e. The van der Waals surface area contributed by atoms with Crippen LogP contribution in [0.5, 0.6) is 5.88 Å². The minimum absolute atomic E-state index is 0.0527. The van der Waals surface area contributed by atoms with Gasteiger partial charge in [-0.2, -0.15) is 0 Å². The molecule has 7 heteroatoms. The Bertz CT molecular complexity index is 760. The highest BCUT2D eigenvalue weighted by molar-refractivity contribution is 5.94. The van der Waals surface area contributed by atoms with Crippen LogP contribution in [-0.2, 0) is 4.74 Å². The molecule has 1 aromatic heterocycles. The second-order valence-electron chi connectivity index (χ2n) is 9.82. The van der Waals surface area contributed by atoms with E-state index in [4.69, 9.17) is 9.47 Å². The molecule has 1 spiro atoms. The van der Waals surface area contributed by atoms with E-state index in [1.165, 1.54) is 19.3 Å². The van der Waals surface area contributed by atoms with Crippen LogP contribution >= 0.6 is 0 Å². The number of ether oxygens (including phenoxy) is 2. The Balaban J connectivity index is 1.09. The van der Waals surface area contributed by atoms with Crippen LogP contribution in [0.2, 0.25) is 0 Å². The van der Waals surface area contributed by atoms with Crippen molar-refractivity contribution in [1.29, 1.82) is 0 Å². The first-order chi connectivity index (χ1) is 14.9. The molecule has 0 unspecified atom stereocenters. The van der Waals surface area contributed by atoms with E-state index in [1.807, 2.05) is 18.7 Å². The van der Waals surface area contributed by atoms with E-state index in [0.717, 1.165) is 51.1 Å². The summed E-state index contributed by atoms with van der Waals surface area (Å²) in [5.74, 6) is 1.29. The van der Waals surface area contributed by atoms with E-state index >= 15 is 0 Å². The molecule has 2 heterocycles. The van der Waals surface area contributed by atoms with Crippen LogP contribution in [0.25, 0.3) is 0 Å². The molecule has 1 saturated heterocycles. The average Bonchev–Trinajstić information content (AvgIpc) is 3.54. The van der Waals surface area contributed by atoms with Gasteiger partial charge in [0.15, 0.2) is 0 Å². The number of hydrogen-bond donors (Lipinski definition) is 1. The van der Waals surface area contributed by atoms with Gasteiger partial charge in [-0.1, -0.05) is 0 Å². The molecule has 0 atom stereocenters. The summed E-state index contributed by atoms with van der Waals surface area (Å²) in [5.41, 5.74) is 1.03. The third-order valence-corrected chi connectivity index (χ3v) is 6.78. The van der Waals surface area contributed by atoms with Gasteiger partial charge in [0.25, 0.3) is 5.91 Å². The maximum absolute atomic E-state index is 12.0. The number of carbonyl (C=O) groups is 2. The summed E-state index contributed by atoms with van der Waals surface area (Å²) in [4.78, 5) is 30.1. The molecule has 1 aliphatic heterocycles. The van der Waals surface area contributed by atoms with Crippen LogP contribution in [0.15, 0.2) is 18.3 Å². The second-order valence-corrected chi connectivity index (χ2v) is 9.82. The average molecular weight is 430 g/mol. The molecule has 2 saturated carbocycles. The predicted molar refractivity (Wildman–Crippen MR) is 117 cm³/mol. The number of hydrogen-bond acceptors (Lipinski definition) is 5. The molecule has 3 fully saturated rings. The monoisotopic (exact) mass is 429 g/mol. The number of carbonyl (C=O) groups excluding carboxylic acids is 2. The molecule has 0 radical (unpaired) electrons. The third-order valence-electron chi connectivity index (χ3n) is 6.78. The fraction of sp³-hybridized carbons (Fsp3) is 0.708. The number of likely N-dealkylation sites (tertiary alicyclic amines) is 1. The van der Waals surface area contributed by atoms with Crippen molar-refractivity contribution in [3.05, 3.63) is 23.9 Å². The molecule has 0 aromatic carbocycles. The number of nitrogens with one attached hydrogen (secondary N) is 1. The standard InChI is InChI=1S/C24H35N3O4/c1-17(2)31-23(29)27-11-9-24(10-12-27)14-18(15-24)4-3-13-30-21-8-5-19(16-25-21)22(28)26-20-6-7-20/h5,8,16-18,20H,3-4,6-7,9-15H2,1-2H3,(H,26,28). The Morgan fingerprint density at radius 3 is 2.58 bits per heavy atom. The van der Waals surface area contributed by atoms with Crippen LogP contribution in [0.1, 0.15) is 75.6 Å². The van der Waals surface area contributed by atoms with Crippen LogP contribution in [0, 0.1) is 11.3 Å². The van der Waals surface area contributed by atoms with Crippen LogP contribution < -0.4 is 10.1 Å². The van der Waals surface area contributed by atoms with E-state index in [9.17, 15) is 9.59 Å². The maximum Gasteiger partial charge on any atom is 0.410 e. The Morgan fingerprint density at radius 2 is 1.97 bits per heavy atom. The molecule has 31 heavy (non-hydrogen) atoms. The van der Waals surface area contributed by atoms with Gasteiger partial charge in [0.05, 0.1) is 18.3 Å². The minimum atomic E-state index is -0.164. The van der Waals surface area contributed by atoms with Crippen LogP contribution in [0.4, 0.5) is 4.79 Å². The quantitative estimate of drug-likeness (QED) is 0.627. The summed E-state index contributed by atoms with van der Waals surface area (Å²) in [6.45, 7) is 6.08. The Kier molecular flexibility index (Phi) is 6.68. The van der Waals surface area contributed by atoms with Gasteiger partial charge in [0, 0.05) is 31.4 Å². The van der Waals surface area contributed by atoms with E-state index in [-0.39, 0.29) is 18.1 Å². The van der Waals surface area contributed by atoms with E-state index in [0.29, 0.717) is 29.5 Å². The summed E-state index contributed by atoms with van der Waals surface area (Å²) < 4.78 is 11.1. The molecule has 1 N–H and O–H groups in total. The second kappa shape index (κ2) is 9.45. The van der Waals surface area contributed by atoms with Crippen LogP contribution in [-0.4, -0.2) is 53.7 Å². The number of aromatic nitrogens is 1. The van der Waals surface area contributed by atoms with Gasteiger partial charge in [-0.3, -0.25) is 4.79 Å². The van der Waals surface area contributed by atoms with E-state index in [2.05, 4.69) is 10.3 Å². The van der Waals surface area contributed by atoms with Crippen molar-refractivity contribution in [3.8, 4) is 5.88 Å². The Hall–Kier alpha value is -2.31. The molecular weight excluding hydrogens is 394 g/mol. The molecule has 1 aromatic rings. The van der Waals surface area contributed by atoms with Gasteiger partial charge in [-0.15, -0.1) is 0 Å². The number of nitrogens with zero attached hydrogens (tertiary/aromatic N) is 2. The molecule has 2 aliphatic carbocycles. The summed E-state index contributed by atoms with van der Waals surface area (Å²) in [6.07, 6.45) is 10.4. The van der Waals surface area contributed by atoms with Gasteiger partial charge in [-0.25, -0.2) is 9.78 Å². The van der Waals surface area contributed by atoms with Crippen molar-refractivity contribution in [2.45, 2.75) is 77.4 Å². The molecule has 170 valence electrons. The minimum Gasteiger partial charge on any atom is -0.478 e. The first-order valence-electron chi connectivity index (χ1n) is 11.8. The van der Waals surface area contributed by atoms with E-state index < -0.39 is 0 Å². The molecule has 7 nitrogen and oxygen atoms in total. The highest BCUT2D eigenvalue weighted by Crippen LogP contribution is 2.54. The molecule has 2 amide bonds. The summed E-state index contributed by atoms with van der Waals surface area (Å²) in [7, 11) is 0. The molecule has 3 aliphatic rings. The van der Waals surface area contributed by atoms with Crippen molar-refractivity contribution in [2.24, 2.45) is 11.3 Å². The Morgan fingerprint density at radius 1 is 1.23 bits per heavy atom. The summed E-state index contributed by atoms with van der Waals surface area (Å²) >= 11 is 0. The van der Waals surface area contributed by atoms with Crippen LogP contribution in [0.3, 0.4) is 0 Å². The third kappa shape index (κ3) is 5.89. The molecular formula is C24H35N3O4. The number of rotatable bonds is 8. The van der Waals surface area contributed by atoms with Gasteiger partial charge in [0.1, 0.15) is 0 Å². The number of pyridine rings is 1. The van der Waals surface area contributed by atoms with E-state index in [1.54, 1.807) is 18.3 Å². The predicted octanol–water partition coefficient (Wildman–Crippen LogP) is 4.17. The zero-order valence-corrected chi connectivity index (χ0v) is 18.8. The normalized spacial score (nSPS) is 20.4. The lowest BCUT2D eigenvalue weighted by Crippen LogP contribution is -2.49. The van der Waals surface area contributed by atoms with Crippen molar-refractivity contribution >= 4 is 12.0 Å². The fourth-order valence-corrected chi connectivity index (χ4v) is 4.86. The lowest BCUT2D eigenvalue weighted by molar-refractivity contribution is -0.0204. The highest BCUT2D eigenvalue weighted by atomic mass is 16.6. The van der Waals surface area contributed by atoms with Gasteiger partial charge >= 0.3 is 6.09 Å². The van der Waals surface area contributed by atoms with Crippen molar-refractivity contribution in [3.63, 3.8) is 0 Å². The lowest BCUT2D eigenvalue weighted by atomic mass is 9.56. The maximum atomic E-state index is 12.0. The van der Waals surface area contributed by atoms with Gasteiger partial charge in [0.2, 0.25) is 5.88 Å². The zero-order chi connectivity index (χ0) is 21.8. The summed E-state index contributed by atoms with van der Waals surface area (Å²) in [6, 6.07) is 3.90. The molecule has 0 bridgehead atoms. The molecule has 4 rings (SSSR count). The number of piperidine rings is 1. The SMILES string of the molecule is CC(C)OC(=O)N1CCC2(CC1)CC(CCCOc1ccc(C(=O)NC3CC3)cn1)C2. The fourth-order valence-electron chi connectivity index (χ4n) is 4.86. The van der Waals surface area contributed by atoms with Crippen molar-refractivity contribution < 1.29 is 19.1 Å². The number of amides is 2. The highest BCUT2D eigenvalue weighted by Gasteiger charge is 2.46. The van der Waals surface area contributed by atoms with Crippen molar-refractivity contribution in [2.75, 3.05) is 19.7 Å². The zero-order valence-electron chi connectivity index (χ0n) is 18.8.